The van der Waals surface area contributed by atoms with Gasteiger partial charge in [0.05, 0.1) is 0 Å². The Bertz CT molecular complexity index is 676. The van der Waals surface area contributed by atoms with E-state index in [2.05, 4.69) is 37.7 Å². The van der Waals surface area contributed by atoms with E-state index in [-0.39, 0.29) is 5.56 Å². The monoisotopic (exact) mass is 388 g/mol. The third kappa shape index (κ3) is 11.9. The van der Waals surface area contributed by atoms with E-state index in [1.54, 1.807) is 38.5 Å². The maximum atomic E-state index is 11.2. The summed E-state index contributed by atoms with van der Waals surface area (Å²) in [5.74, 6) is -0.0705. The van der Waals surface area contributed by atoms with Crippen molar-refractivity contribution in [3.63, 3.8) is 0 Å². The standard InChI is InChI=1S/C20H24O3.C2H6O.C2H6/c1-5-7-10-16(15(3)4)13-14-17(6-2)23-19-12-9-8-11-18(19)20(21)22;1-3-2;1-2/h6-14H,5H2,1-4H3,(H,21,22);1-2H3;1-2H3/b10-7-,14-13-,17-6+;;. The molecule has 0 atom stereocenters. The molecule has 0 saturated carbocycles. The Morgan fingerprint density at radius 2 is 1.64 bits per heavy atom. The Morgan fingerprint density at radius 1 is 1.07 bits per heavy atom. The van der Waals surface area contributed by atoms with Crippen LogP contribution in [0.3, 0.4) is 0 Å². The van der Waals surface area contributed by atoms with E-state index in [1.807, 2.05) is 32.9 Å². The zero-order valence-electron chi connectivity index (χ0n) is 18.6. The maximum absolute atomic E-state index is 11.2. The molecule has 0 amide bonds. The highest BCUT2D eigenvalue weighted by molar-refractivity contribution is 5.90. The van der Waals surface area contributed by atoms with Crippen LogP contribution in [0, 0.1) is 0 Å². The molecule has 4 heteroatoms. The third-order valence-corrected chi connectivity index (χ3v) is 3.17. The fourth-order valence-corrected chi connectivity index (χ4v) is 1.85. The highest BCUT2D eigenvalue weighted by Gasteiger charge is 2.10. The van der Waals surface area contributed by atoms with E-state index in [0.717, 1.165) is 12.0 Å². The van der Waals surface area contributed by atoms with Crippen molar-refractivity contribution >= 4 is 5.97 Å². The van der Waals surface area contributed by atoms with Crippen molar-refractivity contribution in [3.8, 4) is 5.75 Å². The predicted molar refractivity (Wildman–Crippen MR) is 119 cm³/mol. The summed E-state index contributed by atoms with van der Waals surface area (Å²) in [6, 6.07) is 6.61. The second-order valence-corrected chi connectivity index (χ2v) is 5.60. The number of para-hydroxylation sites is 1. The predicted octanol–water partition coefficient (Wildman–Crippen LogP) is 6.82. The van der Waals surface area contributed by atoms with Crippen LogP contribution >= 0.6 is 0 Å². The Hall–Kier alpha value is -2.59. The van der Waals surface area contributed by atoms with Gasteiger partial charge in [0.1, 0.15) is 17.1 Å². The molecule has 1 rings (SSSR count). The Balaban J connectivity index is 0. The van der Waals surface area contributed by atoms with Crippen LogP contribution in [0.1, 0.15) is 58.3 Å². The normalized spacial score (nSPS) is 10.6. The van der Waals surface area contributed by atoms with Crippen molar-refractivity contribution in [1.29, 1.82) is 0 Å². The molecule has 0 spiro atoms. The largest absolute Gasteiger partial charge is 0.478 e. The summed E-state index contributed by atoms with van der Waals surface area (Å²) in [6.07, 6.45) is 10.8. The van der Waals surface area contributed by atoms with Crippen molar-refractivity contribution in [3.05, 3.63) is 77.1 Å². The van der Waals surface area contributed by atoms with Gasteiger partial charge in [-0.3, -0.25) is 0 Å². The first-order valence-corrected chi connectivity index (χ1v) is 9.49. The molecule has 0 heterocycles. The van der Waals surface area contributed by atoms with E-state index in [1.165, 1.54) is 11.6 Å². The molecule has 0 aliphatic heterocycles. The minimum Gasteiger partial charge on any atom is -0.478 e. The van der Waals surface area contributed by atoms with Crippen LogP contribution in [0.5, 0.6) is 5.75 Å². The lowest BCUT2D eigenvalue weighted by atomic mass is 10.1. The summed E-state index contributed by atoms with van der Waals surface area (Å²) < 4.78 is 9.99. The van der Waals surface area contributed by atoms with Gasteiger partial charge in [-0.05, 0) is 57.0 Å². The van der Waals surface area contributed by atoms with Gasteiger partial charge in [-0.15, -0.1) is 0 Å². The molecule has 0 aliphatic rings. The summed E-state index contributed by atoms with van der Waals surface area (Å²) in [7, 11) is 3.25. The van der Waals surface area contributed by atoms with Crippen LogP contribution in [0.25, 0.3) is 0 Å². The molecule has 28 heavy (non-hydrogen) atoms. The first-order chi connectivity index (χ1) is 13.4. The van der Waals surface area contributed by atoms with Crippen LogP contribution < -0.4 is 4.74 Å². The van der Waals surface area contributed by atoms with Gasteiger partial charge in [0, 0.05) is 14.2 Å². The highest BCUT2D eigenvalue weighted by Crippen LogP contribution is 2.21. The molecule has 1 N–H and O–H groups in total. The van der Waals surface area contributed by atoms with Crippen molar-refractivity contribution in [2.24, 2.45) is 0 Å². The second-order valence-electron chi connectivity index (χ2n) is 5.60. The Kier molecular flexibility index (Phi) is 17.6. The summed E-state index contributed by atoms with van der Waals surface area (Å²) in [5, 5.41) is 9.21. The first-order valence-electron chi connectivity index (χ1n) is 9.49. The van der Waals surface area contributed by atoms with Crippen molar-refractivity contribution in [2.45, 2.75) is 48.0 Å². The number of hydrogen-bond acceptors (Lipinski definition) is 3. The number of carbonyl (C=O) groups is 1. The smallest absolute Gasteiger partial charge is 0.339 e. The second kappa shape index (κ2) is 17.8. The van der Waals surface area contributed by atoms with Crippen molar-refractivity contribution in [1.82, 2.24) is 0 Å². The zero-order chi connectivity index (χ0) is 21.9. The van der Waals surface area contributed by atoms with E-state index in [0.29, 0.717) is 11.5 Å². The molecule has 0 unspecified atom stereocenters. The van der Waals surface area contributed by atoms with Crippen LogP contribution in [0.15, 0.2) is 71.6 Å². The molecular weight excluding hydrogens is 352 g/mol. The molecule has 156 valence electrons. The fourth-order valence-electron chi connectivity index (χ4n) is 1.85. The average Bonchev–Trinajstić information content (AvgIpc) is 2.69. The number of rotatable bonds is 7. The SMILES string of the molecule is C/C=C(\C=C/C(/C=C\CC)=C(C)C)Oc1ccccc1C(=O)O.CC.COC. The highest BCUT2D eigenvalue weighted by atomic mass is 16.5. The Morgan fingerprint density at radius 3 is 2.11 bits per heavy atom. The van der Waals surface area contributed by atoms with Crippen LogP contribution in [-0.4, -0.2) is 25.3 Å². The van der Waals surface area contributed by atoms with E-state index in [9.17, 15) is 9.90 Å². The number of carboxylic acid groups (broad SMARTS) is 1. The van der Waals surface area contributed by atoms with Gasteiger partial charge in [-0.1, -0.05) is 56.7 Å². The van der Waals surface area contributed by atoms with Crippen molar-refractivity contribution in [2.75, 3.05) is 14.2 Å². The van der Waals surface area contributed by atoms with Crippen molar-refractivity contribution < 1.29 is 19.4 Å². The molecule has 1 aromatic rings. The summed E-state index contributed by atoms with van der Waals surface area (Å²) in [6.45, 7) is 12.0. The zero-order valence-corrected chi connectivity index (χ0v) is 18.6. The fraction of sp³-hybridized carbons (Fsp3) is 0.375. The summed E-state index contributed by atoms with van der Waals surface area (Å²) in [4.78, 5) is 11.2. The molecule has 0 fully saturated rings. The van der Waals surface area contributed by atoms with Gasteiger partial charge in [0.2, 0.25) is 0 Å². The Labute approximate surface area is 170 Å². The van der Waals surface area contributed by atoms with Gasteiger partial charge in [-0.2, -0.15) is 0 Å². The number of methoxy groups -OCH3 is 1. The van der Waals surface area contributed by atoms with Gasteiger partial charge in [0.15, 0.2) is 0 Å². The number of carboxylic acids is 1. The minimum atomic E-state index is -1.00. The summed E-state index contributed by atoms with van der Waals surface area (Å²) in [5.41, 5.74) is 2.46. The lowest BCUT2D eigenvalue weighted by Crippen LogP contribution is -2.02. The first kappa shape index (κ1) is 27.6. The van der Waals surface area contributed by atoms with E-state index in [4.69, 9.17) is 4.74 Å². The average molecular weight is 389 g/mol. The minimum absolute atomic E-state index is 0.147. The quantitative estimate of drug-likeness (QED) is 0.411. The third-order valence-electron chi connectivity index (χ3n) is 3.17. The van der Waals surface area contributed by atoms with Crippen LogP contribution in [0.2, 0.25) is 0 Å². The maximum Gasteiger partial charge on any atom is 0.339 e. The lowest BCUT2D eigenvalue weighted by Gasteiger charge is -2.09. The van der Waals surface area contributed by atoms with E-state index >= 15 is 0 Å². The molecular formula is C24H36O4. The van der Waals surface area contributed by atoms with Gasteiger partial charge >= 0.3 is 5.97 Å². The van der Waals surface area contributed by atoms with E-state index < -0.39 is 5.97 Å². The molecule has 1 aromatic carbocycles. The molecule has 0 radical (unpaired) electrons. The van der Waals surface area contributed by atoms with Gasteiger partial charge < -0.3 is 14.6 Å². The molecule has 0 aliphatic carbocycles. The number of ether oxygens (including phenoxy) is 2. The lowest BCUT2D eigenvalue weighted by molar-refractivity contribution is 0.0694. The van der Waals surface area contributed by atoms with Gasteiger partial charge in [0.25, 0.3) is 0 Å². The molecule has 0 aromatic heterocycles. The number of allylic oxidation sites excluding steroid dienone is 7. The molecule has 0 bridgehead atoms. The molecule has 4 nitrogen and oxygen atoms in total. The number of aromatic carboxylic acids is 1. The number of hydrogen-bond donors (Lipinski definition) is 1. The number of benzene rings is 1. The van der Waals surface area contributed by atoms with Crippen LogP contribution in [-0.2, 0) is 4.74 Å². The topological polar surface area (TPSA) is 55.8 Å². The summed E-state index contributed by atoms with van der Waals surface area (Å²) >= 11 is 0. The van der Waals surface area contributed by atoms with Crippen LogP contribution in [0.4, 0.5) is 0 Å². The van der Waals surface area contributed by atoms with Gasteiger partial charge in [-0.25, -0.2) is 4.79 Å². The molecule has 0 saturated heterocycles.